The summed E-state index contributed by atoms with van der Waals surface area (Å²) in [6.45, 7) is 2.03. The average Bonchev–Trinajstić information content (AvgIpc) is 2.28. The van der Waals surface area contributed by atoms with Gasteiger partial charge in [0.15, 0.2) is 0 Å². The predicted molar refractivity (Wildman–Crippen MR) is 67.6 cm³/mol. The van der Waals surface area contributed by atoms with Crippen molar-refractivity contribution in [3.63, 3.8) is 0 Å². The van der Waals surface area contributed by atoms with Gasteiger partial charge in [-0.3, -0.25) is 9.59 Å². The van der Waals surface area contributed by atoms with Gasteiger partial charge in [-0.1, -0.05) is 26.8 Å². The van der Waals surface area contributed by atoms with E-state index in [9.17, 15) is 9.59 Å². The van der Waals surface area contributed by atoms with Crippen molar-refractivity contribution in [3.8, 4) is 0 Å². The maximum Gasteiger partial charge on any atom is 1.00 e. The summed E-state index contributed by atoms with van der Waals surface area (Å²) in [7, 11) is 0. The molecule has 0 saturated carbocycles. The molecular formula is C13H14BrKO3. The van der Waals surface area contributed by atoms with Gasteiger partial charge in [0.2, 0.25) is 0 Å². The first-order valence-corrected chi connectivity index (χ1v) is 6.24. The minimum absolute atomic E-state index is 0. The van der Waals surface area contributed by atoms with Crippen molar-refractivity contribution in [2.45, 2.75) is 26.2 Å². The first-order chi connectivity index (χ1) is 8.13. The molecule has 0 N–H and O–H groups in total. The molecule has 5 heteroatoms. The van der Waals surface area contributed by atoms with Crippen molar-refractivity contribution in [1.29, 1.82) is 0 Å². The van der Waals surface area contributed by atoms with Crippen LogP contribution in [0.5, 0.6) is 0 Å². The van der Waals surface area contributed by atoms with E-state index in [0.717, 1.165) is 10.0 Å². The standard InChI is InChI=1S/C13H14BrO3.K/c1-2-17-13(16)9-11(15)8-7-10-5-3-4-6-12(10)14;/h4-6H,2,7-9H2,1H3;/q-1;+1. The Bertz CT molecular complexity index is 407. The van der Waals surface area contributed by atoms with E-state index < -0.39 is 5.97 Å². The summed E-state index contributed by atoms with van der Waals surface area (Å²) in [6.07, 6.45) is 0.813. The Labute approximate surface area is 158 Å². The normalized spacial score (nSPS) is 9.44. The zero-order chi connectivity index (χ0) is 12.7. The first kappa shape index (κ1) is 18.5. The zero-order valence-corrected chi connectivity index (χ0v) is 15.4. The summed E-state index contributed by atoms with van der Waals surface area (Å²) in [5, 5.41) is 0. The number of rotatable bonds is 6. The Morgan fingerprint density at radius 2 is 2.17 bits per heavy atom. The Morgan fingerprint density at radius 1 is 1.44 bits per heavy atom. The second kappa shape index (κ2) is 10.3. The van der Waals surface area contributed by atoms with Gasteiger partial charge in [0, 0.05) is 6.42 Å². The molecule has 0 aromatic heterocycles. The van der Waals surface area contributed by atoms with E-state index in [1.165, 1.54) is 0 Å². The summed E-state index contributed by atoms with van der Waals surface area (Å²) < 4.78 is 5.67. The monoisotopic (exact) mass is 336 g/mol. The second-order valence-electron chi connectivity index (χ2n) is 3.54. The third-order valence-corrected chi connectivity index (χ3v) is 2.98. The molecule has 0 heterocycles. The Balaban J connectivity index is 0.00000289. The summed E-state index contributed by atoms with van der Waals surface area (Å²) in [4.78, 5) is 22.6. The van der Waals surface area contributed by atoms with Crippen LogP contribution in [0.25, 0.3) is 0 Å². The molecule has 1 aromatic rings. The third kappa shape index (κ3) is 7.16. The summed E-state index contributed by atoms with van der Waals surface area (Å²) in [6, 6.07) is 8.47. The smallest absolute Gasteiger partial charge is 0.466 e. The van der Waals surface area contributed by atoms with Crippen molar-refractivity contribution < 1.29 is 65.7 Å². The molecule has 18 heavy (non-hydrogen) atoms. The average molecular weight is 337 g/mol. The van der Waals surface area contributed by atoms with E-state index in [4.69, 9.17) is 4.74 Å². The van der Waals surface area contributed by atoms with Crippen LogP contribution in [0.1, 0.15) is 25.3 Å². The quantitative estimate of drug-likeness (QED) is 0.310. The number of hydrogen-bond donors (Lipinski definition) is 0. The van der Waals surface area contributed by atoms with Crippen LogP contribution < -0.4 is 51.4 Å². The summed E-state index contributed by atoms with van der Waals surface area (Å²) in [5.41, 5.74) is 1.02. The molecule has 0 bridgehead atoms. The van der Waals surface area contributed by atoms with Crippen LogP contribution in [0.15, 0.2) is 22.7 Å². The molecule has 0 unspecified atom stereocenters. The molecule has 1 rings (SSSR count). The molecule has 3 nitrogen and oxygen atoms in total. The van der Waals surface area contributed by atoms with Crippen molar-refractivity contribution in [2.75, 3.05) is 6.61 Å². The van der Waals surface area contributed by atoms with Gasteiger partial charge in [-0.15, -0.1) is 5.56 Å². The number of esters is 1. The number of ketones is 1. The van der Waals surface area contributed by atoms with Gasteiger partial charge in [0.05, 0.1) is 6.61 Å². The van der Waals surface area contributed by atoms with E-state index in [-0.39, 0.29) is 63.6 Å². The molecule has 0 aliphatic rings. The number of carbonyl (C=O) groups excluding carboxylic acids is 2. The molecule has 0 fully saturated rings. The molecule has 92 valence electrons. The number of aryl methyl sites for hydroxylation is 1. The molecule has 0 atom stereocenters. The third-order valence-electron chi connectivity index (χ3n) is 2.21. The molecule has 0 saturated heterocycles. The van der Waals surface area contributed by atoms with Gasteiger partial charge < -0.3 is 4.74 Å². The minimum Gasteiger partial charge on any atom is -0.466 e. The second-order valence-corrected chi connectivity index (χ2v) is 4.39. The van der Waals surface area contributed by atoms with Gasteiger partial charge in [0.1, 0.15) is 12.2 Å². The summed E-state index contributed by atoms with van der Waals surface area (Å²) in [5.74, 6) is -0.546. The van der Waals surface area contributed by atoms with Crippen molar-refractivity contribution in [3.05, 3.63) is 34.3 Å². The molecule has 0 spiro atoms. The van der Waals surface area contributed by atoms with E-state index in [1.807, 2.05) is 12.1 Å². The fourth-order valence-corrected chi connectivity index (χ4v) is 1.82. The van der Waals surface area contributed by atoms with Crippen LogP contribution in [0, 0.1) is 6.07 Å². The van der Waals surface area contributed by atoms with E-state index in [2.05, 4.69) is 22.0 Å². The van der Waals surface area contributed by atoms with Gasteiger partial charge in [-0.25, -0.2) is 0 Å². The Kier molecular flexibility index (Phi) is 10.6. The van der Waals surface area contributed by atoms with Crippen molar-refractivity contribution in [1.82, 2.24) is 0 Å². The topological polar surface area (TPSA) is 43.4 Å². The molecule has 0 radical (unpaired) electrons. The number of ether oxygens (including phenoxy) is 1. The Morgan fingerprint density at radius 3 is 2.78 bits per heavy atom. The molecule has 1 aromatic carbocycles. The van der Waals surface area contributed by atoms with Crippen LogP contribution in [0.2, 0.25) is 0 Å². The van der Waals surface area contributed by atoms with E-state index in [0.29, 0.717) is 19.4 Å². The fourth-order valence-electron chi connectivity index (χ4n) is 1.37. The van der Waals surface area contributed by atoms with Crippen LogP contribution in [0.4, 0.5) is 0 Å². The number of hydrogen-bond acceptors (Lipinski definition) is 3. The molecular weight excluding hydrogens is 323 g/mol. The SMILES string of the molecule is CCOC(=O)CC(=O)CCc1c[c-]ccc1Br.[K+]. The zero-order valence-electron chi connectivity index (χ0n) is 10.7. The predicted octanol–water partition coefficient (Wildman–Crippen LogP) is -0.292. The van der Waals surface area contributed by atoms with Crippen LogP contribution in [-0.4, -0.2) is 18.4 Å². The van der Waals surface area contributed by atoms with Crippen LogP contribution in [0.3, 0.4) is 0 Å². The molecule has 0 amide bonds. The molecule has 0 aliphatic heterocycles. The van der Waals surface area contributed by atoms with Crippen LogP contribution >= 0.6 is 15.9 Å². The largest absolute Gasteiger partial charge is 1.00 e. The van der Waals surface area contributed by atoms with Crippen LogP contribution in [-0.2, 0) is 20.7 Å². The number of Topliss-reactive ketones (excluding diaryl/α,β-unsaturated/α-hetero) is 1. The molecule has 0 aliphatic carbocycles. The number of halogens is 1. The maximum atomic E-state index is 11.5. The number of benzene rings is 1. The minimum atomic E-state index is -0.448. The van der Waals surface area contributed by atoms with Crippen molar-refractivity contribution >= 4 is 27.7 Å². The van der Waals surface area contributed by atoms with Gasteiger partial charge in [0.25, 0.3) is 0 Å². The first-order valence-electron chi connectivity index (χ1n) is 5.45. The summed E-state index contributed by atoms with van der Waals surface area (Å²) >= 11 is 3.40. The Hall–Kier alpha value is 0.476. The van der Waals surface area contributed by atoms with E-state index in [1.54, 1.807) is 13.0 Å². The fraction of sp³-hybridized carbons (Fsp3) is 0.385. The maximum absolute atomic E-state index is 11.5. The van der Waals surface area contributed by atoms with Crippen molar-refractivity contribution in [2.24, 2.45) is 0 Å². The van der Waals surface area contributed by atoms with Gasteiger partial charge in [-0.05, 0) is 6.92 Å². The number of carbonyl (C=O) groups is 2. The van der Waals surface area contributed by atoms with Gasteiger partial charge in [-0.2, -0.15) is 24.3 Å². The van der Waals surface area contributed by atoms with E-state index >= 15 is 0 Å². The van der Waals surface area contributed by atoms with Gasteiger partial charge >= 0.3 is 57.4 Å².